The highest BCUT2D eigenvalue weighted by molar-refractivity contribution is 4.69. The van der Waals surface area contributed by atoms with Crippen molar-refractivity contribution in [3.63, 3.8) is 0 Å². The van der Waals surface area contributed by atoms with Crippen LogP contribution in [0.5, 0.6) is 0 Å². The van der Waals surface area contributed by atoms with Crippen LogP contribution >= 0.6 is 0 Å². The van der Waals surface area contributed by atoms with Crippen molar-refractivity contribution in [2.75, 3.05) is 0 Å². The molecular formula is C14H30F2. The summed E-state index contributed by atoms with van der Waals surface area (Å²) in [6.07, 6.45) is 1.07. The van der Waals surface area contributed by atoms with Crippen LogP contribution in [0, 0.1) is 17.8 Å². The Balaban J connectivity index is -0.000000160. The molecule has 0 amide bonds. The fourth-order valence-electron chi connectivity index (χ4n) is 0. The first kappa shape index (κ1) is 20.9. The first-order valence-electron chi connectivity index (χ1n) is 6.09. The van der Waals surface area contributed by atoms with E-state index in [-0.39, 0.29) is 0 Å². The first-order chi connectivity index (χ1) is 7.18. The second kappa shape index (κ2) is 14.6. The van der Waals surface area contributed by atoms with Crippen molar-refractivity contribution in [2.24, 2.45) is 17.8 Å². The smallest absolute Gasteiger partial charge is 0.210 e. The van der Waals surface area contributed by atoms with Gasteiger partial charge in [-0.25, -0.2) is 8.78 Å². The lowest BCUT2D eigenvalue weighted by molar-refractivity contribution is 0.0955. The molecule has 0 N–H and O–H groups in total. The summed E-state index contributed by atoms with van der Waals surface area (Å²) >= 11 is 0. The lowest BCUT2D eigenvalue weighted by atomic mass is 10.2. The van der Waals surface area contributed by atoms with E-state index in [0.29, 0.717) is 5.92 Å². The fourth-order valence-corrected chi connectivity index (χ4v) is 0. The molecule has 0 radical (unpaired) electrons. The van der Waals surface area contributed by atoms with E-state index in [1.807, 2.05) is 6.08 Å². The minimum atomic E-state index is -2.15. The van der Waals surface area contributed by atoms with Crippen LogP contribution in [0.1, 0.15) is 54.9 Å². The molecule has 0 fully saturated rings. The first-order valence-corrected chi connectivity index (χ1v) is 6.09. The Morgan fingerprint density at radius 1 is 1.00 bits per heavy atom. The normalized spacial score (nSPS) is 9.81. The molecule has 0 aromatic heterocycles. The van der Waals surface area contributed by atoms with Crippen LogP contribution in [0.2, 0.25) is 0 Å². The van der Waals surface area contributed by atoms with Gasteiger partial charge in [0.25, 0.3) is 0 Å². The molecule has 0 rings (SSSR count). The Morgan fingerprint density at radius 2 is 1.19 bits per heavy atom. The van der Waals surface area contributed by atoms with Gasteiger partial charge >= 0.3 is 0 Å². The number of rotatable bonds is 3. The van der Waals surface area contributed by atoms with E-state index in [1.165, 1.54) is 20.3 Å². The van der Waals surface area contributed by atoms with Gasteiger partial charge in [-0.15, -0.1) is 6.58 Å². The second-order valence-electron chi connectivity index (χ2n) is 4.86. The van der Waals surface area contributed by atoms with Gasteiger partial charge in [0, 0.05) is 5.92 Å². The van der Waals surface area contributed by atoms with Crippen molar-refractivity contribution in [1.29, 1.82) is 0 Å². The zero-order valence-corrected chi connectivity index (χ0v) is 12.1. The minimum Gasteiger partial charge on any atom is -0.210 e. The van der Waals surface area contributed by atoms with E-state index in [2.05, 4.69) is 41.2 Å². The lowest BCUT2D eigenvalue weighted by Gasteiger charge is -1.97. The van der Waals surface area contributed by atoms with Crippen LogP contribution in [-0.4, -0.2) is 6.43 Å². The molecule has 0 heterocycles. The van der Waals surface area contributed by atoms with E-state index >= 15 is 0 Å². The van der Waals surface area contributed by atoms with Crippen molar-refractivity contribution < 1.29 is 8.78 Å². The number of halogens is 2. The van der Waals surface area contributed by atoms with Gasteiger partial charge in [-0.3, -0.25) is 0 Å². The molecule has 0 nitrogen and oxygen atoms in total. The van der Waals surface area contributed by atoms with Crippen LogP contribution in [0.25, 0.3) is 0 Å². The van der Waals surface area contributed by atoms with Gasteiger partial charge < -0.3 is 0 Å². The molecule has 0 aromatic carbocycles. The van der Waals surface area contributed by atoms with Crippen LogP contribution in [0.4, 0.5) is 8.78 Å². The topological polar surface area (TPSA) is 0 Å². The Morgan fingerprint density at radius 3 is 1.19 bits per heavy atom. The predicted molar refractivity (Wildman–Crippen MR) is 71.0 cm³/mol. The third-order valence-corrected chi connectivity index (χ3v) is 1.79. The highest BCUT2D eigenvalue weighted by Gasteiger charge is 2.05. The van der Waals surface area contributed by atoms with Gasteiger partial charge in [-0.2, -0.15) is 0 Å². The van der Waals surface area contributed by atoms with Gasteiger partial charge in [0.05, 0.1) is 0 Å². The number of allylic oxidation sites excluding steroid dienone is 1. The van der Waals surface area contributed by atoms with Crippen LogP contribution < -0.4 is 0 Å². The van der Waals surface area contributed by atoms with E-state index < -0.39 is 12.3 Å². The standard InChI is InChI=1S/C5H12.C5H10.C4H8F2/c2*1-4-5(2)3;1-3(2)4(5)6/h5H,4H2,1-3H3;4-5H,1H2,2-3H3;3-4H,1-2H3. The quantitative estimate of drug-likeness (QED) is 0.544. The Bertz CT molecular complexity index is 121. The zero-order valence-electron chi connectivity index (χ0n) is 12.1. The summed E-state index contributed by atoms with van der Waals surface area (Å²) < 4.78 is 22.3. The molecule has 0 saturated carbocycles. The SMILES string of the molecule is C=CC(C)C.CC(C)C(F)F.CCC(C)C. The fraction of sp³-hybridized carbons (Fsp3) is 0.857. The van der Waals surface area contributed by atoms with Crippen molar-refractivity contribution in [3.8, 4) is 0 Å². The molecule has 0 atom stereocenters. The molecule has 100 valence electrons. The monoisotopic (exact) mass is 236 g/mol. The van der Waals surface area contributed by atoms with E-state index in [0.717, 1.165) is 5.92 Å². The van der Waals surface area contributed by atoms with E-state index in [9.17, 15) is 8.78 Å². The van der Waals surface area contributed by atoms with Crippen molar-refractivity contribution in [3.05, 3.63) is 12.7 Å². The third kappa shape index (κ3) is 37.4. The molecule has 0 bridgehead atoms. The van der Waals surface area contributed by atoms with Crippen molar-refractivity contribution in [1.82, 2.24) is 0 Å². The van der Waals surface area contributed by atoms with Gasteiger partial charge in [-0.05, 0) is 11.8 Å². The summed E-state index contributed by atoms with van der Waals surface area (Å²) in [5.74, 6) is 1.05. The molecule has 2 heteroatoms. The minimum absolute atomic E-state index is 0.481. The van der Waals surface area contributed by atoms with Gasteiger partial charge in [-0.1, -0.05) is 61.0 Å². The second-order valence-corrected chi connectivity index (χ2v) is 4.86. The highest BCUT2D eigenvalue weighted by Crippen LogP contribution is 2.04. The average Bonchev–Trinajstić information content (AvgIpc) is 2.19. The van der Waals surface area contributed by atoms with Crippen LogP contribution in [-0.2, 0) is 0 Å². The molecule has 0 aromatic rings. The van der Waals surface area contributed by atoms with Gasteiger partial charge in [0.1, 0.15) is 0 Å². The lowest BCUT2D eigenvalue weighted by Crippen LogP contribution is -1.99. The van der Waals surface area contributed by atoms with E-state index in [1.54, 1.807) is 0 Å². The summed E-state index contributed by atoms with van der Waals surface area (Å²) in [5.41, 5.74) is 0. The molecule has 0 aliphatic carbocycles. The Kier molecular flexibility index (Phi) is 19.1. The molecule has 16 heavy (non-hydrogen) atoms. The summed E-state index contributed by atoms with van der Waals surface area (Å²) in [6.45, 7) is 17.4. The average molecular weight is 236 g/mol. The largest absolute Gasteiger partial charge is 0.240 e. The Labute approximate surface area is 101 Å². The van der Waals surface area contributed by atoms with Crippen LogP contribution in [0.15, 0.2) is 12.7 Å². The summed E-state index contributed by atoms with van der Waals surface area (Å²) in [7, 11) is 0. The summed E-state index contributed by atoms with van der Waals surface area (Å²) in [6, 6.07) is 0. The highest BCUT2D eigenvalue weighted by atomic mass is 19.3. The molecule has 0 unspecified atom stereocenters. The maximum atomic E-state index is 11.2. The Hall–Kier alpha value is -0.400. The molecule has 0 aliphatic rings. The molecule has 0 saturated heterocycles. The summed E-state index contributed by atoms with van der Waals surface area (Å²) in [4.78, 5) is 0. The van der Waals surface area contributed by atoms with E-state index in [4.69, 9.17) is 0 Å². The number of alkyl halides is 2. The maximum Gasteiger partial charge on any atom is 0.240 e. The molecule has 0 spiro atoms. The van der Waals surface area contributed by atoms with Crippen LogP contribution in [0.3, 0.4) is 0 Å². The van der Waals surface area contributed by atoms with Gasteiger partial charge in [0.15, 0.2) is 0 Å². The van der Waals surface area contributed by atoms with Crippen molar-refractivity contribution >= 4 is 0 Å². The number of hydrogen-bond acceptors (Lipinski definition) is 0. The molecular weight excluding hydrogens is 206 g/mol. The zero-order chi connectivity index (χ0) is 13.7. The van der Waals surface area contributed by atoms with Gasteiger partial charge in [0.2, 0.25) is 6.43 Å². The van der Waals surface area contributed by atoms with Crippen molar-refractivity contribution in [2.45, 2.75) is 61.3 Å². The predicted octanol–water partition coefficient (Wildman–Crippen LogP) is 5.79. The maximum absolute atomic E-state index is 11.2. The number of hydrogen-bond donors (Lipinski definition) is 0. The summed E-state index contributed by atoms with van der Waals surface area (Å²) in [5, 5.41) is 0. The molecule has 0 aliphatic heterocycles. The third-order valence-electron chi connectivity index (χ3n) is 1.79.